The number of piperazine rings is 1. The number of aromatic amines is 1. The van der Waals surface area contributed by atoms with Gasteiger partial charge in [0.1, 0.15) is 0 Å². The SMILES string of the molecule is CN(CCN1CCNCC1)C(=O)c1cccc2[nH]ccc12. The number of hydrogen-bond donors (Lipinski definition) is 2. The zero-order valence-corrected chi connectivity index (χ0v) is 12.4. The number of carbonyl (C=O) groups is 1. The highest BCUT2D eigenvalue weighted by Crippen LogP contribution is 2.18. The average Bonchev–Trinajstić information content (AvgIpc) is 3.01. The van der Waals surface area contributed by atoms with Crippen LogP contribution in [0.2, 0.25) is 0 Å². The van der Waals surface area contributed by atoms with E-state index in [1.807, 2.05) is 42.4 Å². The molecule has 0 atom stereocenters. The lowest BCUT2D eigenvalue weighted by atomic mass is 10.1. The lowest BCUT2D eigenvalue weighted by Crippen LogP contribution is -2.46. The van der Waals surface area contributed by atoms with E-state index in [1.54, 1.807) is 0 Å². The van der Waals surface area contributed by atoms with Gasteiger partial charge in [-0.05, 0) is 18.2 Å². The van der Waals surface area contributed by atoms with Crippen LogP contribution in [-0.4, -0.2) is 67.0 Å². The molecular formula is C16H22N4O. The van der Waals surface area contributed by atoms with Crippen LogP contribution < -0.4 is 5.32 Å². The zero-order chi connectivity index (χ0) is 14.7. The van der Waals surface area contributed by atoms with Crippen molar-refractivity contribution in [2.45, 2.75) is 0 Å². The van der Waals surface area contributed by atoms with Gasteiger partial charge in [0.25, 0.3) is 5.91 Å². The van der Waals surface area contributed by atoms with Crippen molar-refractivity contribution in [3.8, 4) is 0 Å². The number of likely N-dealkylation sites (N-methyl/N-ethyl adjacent to an activating group) is 1. The van der Waals surface area contributed by atoms with E-state index in [4.69, 9.17) is 0 Å². The Balaban J connectivity index is 1.65. The van der Waals surface area contributed by atoms with Gasteiger partial charge in [0, 0.05) is 69.0 Å². The Morgan fingerprint density at radius 2 is 2.10 bits per heavy atom. The van der Waals surface area contributed by atoms with Gasteiger partial charge < -0.3 is 15.2 Å². The van der Waals surface area contributed by atoms with Gasteiger partial charge in [0.05, 0.1) is 0 Å². The minimum Gasteiger partial charge on any atom is -0.361 e. The minimum absolute atomic E-state index is 0.0929. The molecule has 0 spiro atoms. The Bertz CT molecular complexity index is 616. The number of nitrogens with zero attached hydrogens (tertiary/aromatic N) is 2. The summed E-state index contributed by atoms with van der Waals surface area (Å²) < 4.78 is 0. The fourth-order valence-electron chi connectivity index (χ4n) is 2.81. The summed E-state index contributed by atoms with van der Waals surface area (Å²) in [5.41, 5.74) is 1.79. The van der Waals surface area contributed by atoms with Gasteiger partial charge in [-0.25, -0.2) is 0 Å². The molecule has 1 saturated heterocycles. The van der Waals surface area contributed by atoms with Crippen molar-refractivity contribution in [3.05, 3.63) is 36.0 Å². The van der Waals surface area contributed by atoms with Gasteiger partial charge in [-0.15, -0.1) is 0 Å². The Morgan fingerprint density at radius 3 is 2.90 bits per heavy atom. The van der Waals surface area contributed by atoms with Crippen LogP contribution in [0.4, 0.5) is 0 Å². The smallest absolute Gasteiger partial charge is 0.254 e. The third kappa shape index (κ3) is 3.09. The molecular weight excluding hydrogens is 264 g/mol. The highest BCUT2D eigenvalue weighted by atomic mass is 16.2. The summed E-state index contributed by atoms with van der Waals surface area (Å²) >= 11 is 0. The molecule has 2 aromatic rings. The van der Waals surface area contributed by atoms with Gasteiger partial charge in [-0.2, -0.15) is 0 Å². The number of hydrogen-bond acceptors (Lipinski definition) is 3. The maximum absolute atomic E-state index is 12.6. The molecule has 0 saturated carbocycles. The summed E-state index contributed by atoms with van der Waals surface area (Å²) in [6.45, 7) is 5.91. The predicted molar refractivity (Wildman–Crippen MR) is 84.6 cm³/mol. The summed E-state index contributed by atoms with van der Waals surface area (Å²) in [6, 6.07) is 7.79. The second kappa shape index (κ2) is 6.28. The number of carbonyl (C=O) groups excluding carboxylic acids is 1. The van der Waals surface area contributed by atoms with E-state index in [9.17, 15) is 4.79 Å². The van der Waals surface area contributed by atoms with Crippen molar-refractivity contribution in [1.29, 1.82) is 0 Å². The molecule has 5 nitrogen and oxygen atoms in total. The van der Waals surface area contributed by atoms with Gasteiger partial charge >= 0.3 is 0 Å². The number of nitrogens with one attached hydrogen (secondary N) is 2. The summed E-state index contributed by atoms with van der Waals surface area (Å²) in [7, 11) is 1.88. The van der Waals surface area contributed by atoms with Crippen LogP contribution in [0.25, 0.3) is 10.9 Å². The first-order chi connectivity index (χ1) is 10.3. The quantitative estimate of drug-likeness (QED) is 0.886. The highest BCUT2D eigenvalue weighted by molar-refractivity contribution is 6.06. The molecule has 0 aliphatic carbocycles. The number of aromatic nitrogens is 1. The standard InChI is InChI=1S/C16H22N4O/c1-19(11-12-20-9-7-17-8-10-20)16(21)14-3-2-4-15-13(14)5-6-18-15/h2-6,17-18H,7-12H2,1H3. The Labute approximate surface area is 124 Å². The van der Waals surface area contributed by atoms with Crippen LogP contribution >= 0.6 is 0 Å². The number of benzene rings is 1. The first-order valence-electron chi connectivity index (χ1n) is 7.50. The second-order valence-corrected chi connectivity index (χ2v) is 5.56. The first kappa shape index (κ1) is 14.1. The third-order valence-electron chi connectivity index (χ3n) is 4.13. The van der Waals surface area contributed by atoms with Crippen molar-refractivity contribution < 1.29 is 4.79 Å². The number of amides is 1. The molecule has 1 fully saturated rings. The van der Waals surface area contributed by atoms with E-state index >= 15 is 0 Å². The Hall–Kier alpha value is -1.85. The van der Waals surface area contributed by atoms with Crippen LogP contribution in [0.5, 0.6) is 0 Å². The van der Waals surface area contributed by atoms with Crippen LogP contribution in [0.3, 0.4) is 0 Å². The van der Waals surface area contributed by atoms with E-state index < -0.39 is 0 Å². The predicted octanol–water partition coefficient (Wildman–Crippen LogP) is 1.15. The number of fused-ring (bicyclic) bond motifs is 1. The molecule has 2 heterocycles. The first-order valence-corrected chi connectivity index (χ1v) is 7.50. The second-order valence-electron chi connectivity index (χ2n) is 5.56. The molecule has 2 N–H and O–H groups in total. The molecule has 1 aromatic carbocycles. The monoisotopic (exact) mass is 286 g/mol. The molecule has 3 rings (SSSR count). The molecule has 1 aliphatic rings. The largest absolute Gasteiger partial charge is 0.361 e. The zero-order valence-electron chi connectivity index (χ0n) is 12.4. The van der Waals surface area contributed by atoms with Crippen LogP contribution in [-0.2, 0) is 0 Å². The summed E-state index contributed by atoms with van der Waals surface area (Å²) in [5.74, 6) is 0.0929. The molecule has 0 radical (unpaired) electrons. The lowest BCUT2D eigenvalue weighted by Gasteiger charge is -2.29. The molecule has 21 heavy (non-hydrogen) atoms. The molecule has 1 amide bonds. The van der Waals surface area contributed by atoms with E-state index in [0.29, 0.717) is 0 Å². The normalized spacial score (nSPS) is 16.2. The Kier molecular flexibility index (Phi) is 4.22. The van der Waals surface area contributed by atoms with E-state index in [-0.39, 0.29) is 5.91 Å². The molecule has 112 valence electrons. The fourth-order valence-corrected chi connectivity index (χ4v) is 2.81. The average molecular weight is 286 g/mol. The van der Waals surface area contributed by atoms with Crippen molar-refractivity contribution in [2.75, 3.05) is 46.3 Å². The molecule has 1 aliphatic heterocycles. The van der Waals surface area contributed by atoms with Crippen LogP contribution in [0.15, 0.2) is 30.5 Å². The van der Waals surface area contributed by atoms with Crippen molar-refractivity contribution >= 4 is 16.8 Å². The van der Waals surface area contributed by atoms with Gasteiger partial charge in [0.15, 0.2) is 0 Å². The van der Waals surface area contributed by atoms with Gasteiger partial charge in [0.2, 0.25) is 0 Å². The topological polar surface area (TPSA) is 51.4 Å². The maximum Gasteiger partial charge on any atom is 0.254 e. The van der Waals surface area contributed by atoms with Gasteiger partial charge in [-0.3, -0.25) is 9.69 Å². The summed E-state index contributed by atoms with van der Waals surface area (Å²) in [5, 5.41) is 4.34. The van der Waals surface area contributed by atoms with Crippen LogP contribution in [0.1, 0.15) is 10.4 Å². The van der Waals surface area contributed by atoms with Crippen molar-refractivity contribution in [1.82, 2.24) is 20.1 Å². The third-order valence-corrected chi connectivity index (χ3v) is 4.13. The summed E-state index contributed by atoms with van der Waals surface area (Å²) in [6.07, 6.45) is 1.88. The van der Waals surface area contributed by atoms with Gasteiger partial charge in [-0.1, -0.05) is 6.07 Å². The van der Waals surface area contributed by atoms with Crippen molar-refractivity contribution in [2.24, 2.45) is 0 Å². The highest BCUT2D eigenvalue weighted by Gasteiger charge is 2.16. The molecule has 0 unspecified atom stereocenters. The number of rotatable bonds is 4. The number of H-pyrrole nitrogens is 1. The van der Waals surface area contributed by atoms with Crippen LogP contribution in [0, 0.1) is 0 Å². The van der Waals surface area contributed by atoms with E-state index in [2.05, 4.69) is 15.2 Å². The minimum atomic E-state index is 0.0929. The molecule has 5 heteroatoms. The summed E-state index contributed by atoms with van der Waals surface area (Å²) in [4.78, 5) is 20.0. The maximum atomic E-state index is 12.6. The molecule has 0 bridgehead atoms. The van der Waals surface area contributed by atoms with E-state index in [0.717, 1.165) is 55.7 Å². The lowest BCUT2D eigenvalue weighted by molar-refractivity contribution is 0.0777. The van der Waals surface area contributed by atoms with E-state index in [1.165, 1.54) is 0 Å². The molecule has 1 aromatic heterocycles. The van der Waals surface area contributed by atoms with Crippen molar-refractivity contribution in [3.63, 3.8) is 0 Å². The Morgan fingerprint density at radius 1 is 1.29 bits per heavy atom. The fraction of sp³-hybridized carbons (Fsp3) is 0.438.